The number of anilines is 1. The van der Waals surface area contributed by atoms with E-state index in [0.29, 0.717) is 15.7 Å². The summed E-state index contributed by atoms with van der Waals surface area (Å²) < 4.78 is 27.5. The van der Waals surface area contributed by atoms with Crippen molar-refractivity contribution in [1.82, 2.24) is 0 Å². The monoisotopic (exact) mass is 412 g/mol. The van der Waals surface area contributed by atoms with Crippen LogP contribution in [0, 0.1) is 22.9 Å². The van der Waals surface area contributed by atoms with Crippen LogP contribution in [0.1, 0.15) is 34.3 Å². The Labute approximate surface area is 151 Å². The van der Waals surface area contributed by atoms with Crippen molar-refractivity contribution in [2.24, 2.45) is 0 Å². The molecule has 1 unspecified atom stereocenters. The minimum Gasteiger partial charge on any atom is -0.321 e. The Morgan fingerprint density at radius 1 is 1.40 bits per heavy atom. The van der Waals surface area contributed by atoms with Crippen molar-refractivity contribution in [2.45, 2.75) is 19.8 Å². The van der Waals surface area contributed by atoms with Crippen LogP contribution in [-0.4, -0.2) is 17.5 Å². The number of rotatable bonds is 5. The lowest BCUT2D eigenvalue weighted by molar-refractivity contribution is -0.387. The number of nitro groups is 1. The number of carbonyl (C=O) groups is 1. The maximum Gasteiger partial charge on any atom is 0.305 e. The zero-order chi connectivity index (χ0) is 18.7. The van der Waals surface area contributed by atoms with Crippen molar-refractivity contribution in [1.29, 1.82) is 0 Å². The minimum atomic E-state index is -1.19. The van der Waals surface area contributed by atoms with Gasteiger partial charge in [-0.1, -0.05) is 19.1 Å². The molecule has 0 saturated heterocycles. The minimum absolute atomic E-state index is 0.297. The van der Waals surface area contributed by atoms with E-state index in [1.165, 1.54) is 12.1 Å². The summed E-state index contributed by atoms with van der Waals surface area (Å²) >= 11 is 3.31. The number of aryl methyl sites for hydroxylation is 1. The predicted octanol–water partition coefficient (Wildman–Crippen LogP) is 5.13. The van der Waals surface area contributed by atoms with Gasteiger partial charge in [0.1, 0.15) is 0 Å². The topological polar surface area (TPSA) is 72.2 Å². The molecule has 0 radical (unpaired) electrons. The molecule has 0 aliphatic heterocycles. The molecule has 2 aromatic carbocycles. The smallest absolute Gasteiger partial charge is 0.305 e. The van der Waals surface area contributed by atoms with Gasteiger partial charge in [-0.25, -0.2) is 0 Å². The van der Waals surface area contributed by atoms with Gasteiger partial charge in [-0.3, -0.25) is 19.3 Å². The number of benzene rings is 2. The van der Waals surface area contributed by atoms with Gasteiger partial charge in [0.2, 0.25) is 5.82 Å². The Bertz CT molecular complexity index is 820. The fourth-order valence-corrected chi connectivity index (χ4v) is 3.00. The lowest BCUT2D eigenvalue weighted by atomic mass is 9.99. The quantitative estimate of drug-likeness (QED) is 0.546. The molecule has 5 nitrogen and oxygen atoms in total. The summed E-state index contributed by atoms with van der Waals surface area (Å²) in [4.78, 5) is 22.2. The molecule has 0 saturated carbocycles. The number of halogens is 3. The second-order valence-corrected chi connectivity index (χ2v) is 6.45. The van der Waals surface area contributed by atoms with Crippen molar-refractivity contribution in [3.8, 4) is 0 Å². The molecule has 132 valence electrons. The molecule has 8 heteroatoms. The first-order chi connectivity index (χ1) is 11.8. The van der Waals surface area contributed by atoms with E-state index >= 15 is 0 Å². The predicted molar refractivity (Wildman–Crippen MR) is 94.3 cm³/mol. The van der Waals surface area contributed by atoms with Crippen LogP contribution in [0.15, 0.2) is 34.8 Å². The molecule has 2 rings (SSSR count). The third-order valence-corrected chi connectivity index (χ3v) is 4.39. The highest BCUT2D eigenvalue weighted by Crippen LogP contribution is 2.32. The molecule has 0 bridgehead atoms. The standard InChI is InChI=1S/C17H15BrF2N2O3/c1-9-6-11(10(2)8-19)7-13(18)16(9)21-17(23)12-4-3-5-14(15(12)20)22(24)25/h3-7,10H,8H2,1-2H3,(H,21,23). The molecule has 25 heavy (non-hydrogen) atoms. The van der Waals surface area contributed by atoms with E-state index < -0.39 is 34.6 Å². The molecular weight excluding hydrogens is 398 g/mol. The Hall–Kier alpha value is -2.35. The number of hydrogen-bond donors (Lipinski definition) is 1. The summed E-state index contributed by atoms with van der Waals surface area (Å²) in [6, 6.07) is 6.80. The van der Waals surface area contributed by atoms with Gasteiger partial charge in [-0.05, 0) is 46.1 Å². The third-order valence-electron chi connectivity index (χ3n) is 3.77. The van der Waals surface area contributed by atoms with Gasteiger partial charge >= 0.3 is 5.69 Å². The fraction of sp³-hybridized carbons (Fsp3) is 0.235. The Balaban J connectivity index is 2.36. The average Bonchev–Trinajstić information content (AvgIpc) is 2.56. The molecule has 0 aliphatic carbocycles. The maximum absolute atomic E-state index is 14.1. The highest BCUT2D eigenvalue weighted by molar-refractivity contribution is 9.10. The molecule has 1 atom stereocenters. The first-order valence-corrected chi connectivity index (χ1v) is 8.15. The van der Waals surface area contributed by atoms with Crippen LogP contribution in [-0.2, 0) is 0 Å². The van der Waals surface area contributed by atoms with Gasteiger partial charge in [-0.15, -0.1) is 0 Å². The second kappa shape index (κ2) is 7.69. The van der Waals surface area contributed by atoms with E-state index in [4.69, 9.17) is 0 Å². The van der Waals surface area contributed by atoms with E-state index in [0.717, 1.165) is 11.6 Å². The molecule has 1 N–H and O–H groups in total. The second-order valence-electron chi connectivity index (χ2n) is 5.60. The van der Waals surface area contributed by atoms with Gasteiger partial charge in [0.25, 0.3) is 5.91 Å². The number of hydrogen-bond acceptors (Lipinski definition) is 3. The molecule has 0 aromatic heterocycles. The van der Waals surface area contributed by atoms with Gasteiger partial charge < -0.3 is 5.32 Å². The number of nitro benzene ring substituents is 1. The molecule has 0 heterocycles. The Kier molecular flexibility index (Phi) is 5.84. The van der Waals surface area contributed by atoms with Crippen molar-refractivity contribution in [3.63, 3.8) is 0 Å². The van der Waals surface area contributed by atoms with Crippen LogP contribution in [0.5, 0.6) is 0 Å². The van der Waals surface area contributed by atoms with Crippen molar-refractivity contribution in [3.05, 3.63) is 67.4 Å². The fourth-order valence-electron chi connectivity index (χ4n) is 2.32. The number of carbonyl (C=O) groups excluding carboxylic acids is 1. The highest BCUT2D eigenvalue weighted by atomic mass is 79.9. The largest absolute Gasteiger partial charge is 0.321 e. The molecule has 0 fully saturated rings. The number of amides is 1. The molecule has 1 amide bonds. The maximum atomic E-state index is 14.1. The summed E-state index contributed by atoms with van der Waals surface area (Å²) in [5, 5.41) is 13.3. The van der Waals surface area contributed by atoms with Gasteiger partial charge in [0.15, 0.2) is 0 Å². The van der Waals surface area contributed by atoms with E-state index in [2.05, 4.69) is 21.2 Å². The van der Waals surface area contributed by atoms with Crippen LogP contribution in [0.2, 0.25) is 0 Å². The van der Waals surface area contributed by atoms with Gasteiger partial charge in [0.05, 0.1) is 22.8 Å². The number of alkyl halides is 1. The first kappa shape index (κ1) is 19.0. The van der Waals surface area contributed by atoms with Crippen LogP contribution in [0.25, 0.3) is 0 Å². The summed E-state index contributed by atoms with van der Waals surface area (Å²) in [6.07, 6.45) is 0. The van der Waals surface area contributed by atoms with Crippen molar-refractivity contribution >= 4 is 33.2 Å². The summed E-state index contributed by atoms with van der Waals surface area (Å²) in [5.41, 5.74) is 0.609. The summed E-state index contributed by atoms with van der Waals surface area (Å²) in [6.45, 7) is 2.94. The Morgan fingerprint density at radius 2 is 2.08 bits per heavy atom. The summed E-state index contributed by atoms with van der Waals surface area (Å²) in [5.74, 6) is -2.30. The first-order valence-electron chi connectivity index (χ1n) is 7.36. The SMILES string of the molecule is Cc1cc(C(C)CF)cc(Br)c1NC(=O)c1cccc([N+](=O)[O-])c1F. The van der Waals surface area contributed by atoms with E-state index in [1.807, 2.05) is 0 Å². The van der Waals surface area contributed by atoms with E-state index in [9.17, 15) is 23.7 Å². The molecule has 2 aromatic rings. The molecular formula is C17H15BrF2N2O3. The zero-order valence-corrected chi connectivity index (χ0v) is 15.1. The summed E-state index contributed by atoms with van der Waals surface area (Å²) in [7, 11) is 0. The lowest BCUT2D eigenvalue weighted by Gasteiger charge is -2.15. The normalized spacial score (nSPS) is 11.9. The average molecular weight is 413 g/mol. The number of nitrogens with zero attached hydrogens (tertiary/aromatic N) is 1. The van der Waals surface area contributed by atoms with Crippen LogP contribution in [0.4, 0.5) is 20.2 Å². The van der Waals surface area contributed by atoms with Gasteiger partial charge in [-0.2, -0.15) is 4.39 Å². The lowest BCUT2D eigenvalue weighted by Crippen LogP contribution is -2.16. The third kappa shape index (κ3) is 4.01. The van der Waals surface area contributed by atoms with Crippen molar-refractivity contribution in [2.75, 3.05) is 12.0 Å². The molecule has 0 aliphatic rings. The Morgan fingerprint density at radius 3 is 2.64 bits per heavy atom. The van der Waals surface area contributed by atoms with Crippen LogP contribution in [0.3, 0.4) is 0 Å². The van der Waals surface area contributed by atoms with E-state index in [-0.39, 0.29) is 5.92 Å². The van der Waals surface area contributed by atoms with Gasteiger partial charge in [0, 0.05) is 16.5 Å². The molecule has 0 spiro atoms. The van der Waals surface area contributed by atoms with Crippen LogP contribution < -0.4 is 5.32 Å². The number of nitrogens with one attached hydrogen (secondary N) is 1. The zero-order valence-electron chi connectivity index (χ0n) is 13.5. The van der Waals surface area contributed by atoms with E-state index in [1.54, 1.807) is 26.0 Å². The van der Waals surface area contributed by atoms with Crippen molar-refractivity contribution < 1.29 is 18.5 Å². The van der Waals surface area contributed by atoms with Crippen LogP contribution >= 0.6 is 15.9 Å². The highest BCUT2D eigenvalue weighted by Gasteiger charge is 2.22.